The molecule has 11 heteroatoms. The van der Waals surface area contributed by atoms with Crippen LogP contribution in [0.5, 0.6) is 0 Å². The quantitative estimate of drug-likeness (QED) is 0.233. The largest absolute Gasteiger partial charge is 0.465 e. The van der Waals surface area contributed by atoms with Crippen molar-refractivity contribution in [2.75, 3.05) is 23.9 Å². The van der Waals surface area contributed by atoms with Gasteiger partial charge >= 0.3 is 5.97 Å². The number of rotatable bonds is 7. The maximum Gasteiger partial charge on any atom is 0.341 e. The SMILES string of the molecule is COC(=O)c1c(NC(=O)CCSc2nc(N)c(C#N)c(-c3cccs3)c2C#N)sc2c1CCCCC2. The predicted molar refractivity (Wildman–Crippen MR) is 142 cm³/mol. The van der Waals surface area contributed by atoms with E-state index in [0.29, 0.717) is 26.9 Å². The highest BCUT2D eigenvalue weighted by molar-refractivity contribution is 7.99. The molecule has 0 saturated heterocycles. The van der Waals surface area contributed by atoms with Gasteiger partial charge < -0.3 is 15.8 Å². The lowest BCUT2D eigenvalue weighted by Crippen LogP contribution is -2.15. The molecule has 3 aromatic heterocycles. The molecule has 36 heavy (non-hydrogen) atoms. The predicted octanol–water partition coefficient (Wildman–Crippen LogP) is 5.37. The molecule has 3 N–H and O–H groups in total. The minimum Gasteiger partial charge on any atom is -0.465 e. The molecule has 3 heterocycles. The second kappa shape index (κ2) is 11.6. The highest BCUT2D eigenvalue weighted by Gasteiger charge is 2.26. The van der Waals surface area contributed by atoms with Gasteiger partial charge in [-0.1, -0.05) is 12.5 Å². The number of pyridine rings is 1. The number of nitrogens with two attached hydrogens (primary N) is 1. The van der Waals surface area contributed by atoms with Crippen LogP contribution < -0.4 is 11.1 Å². The smallest absolute Gasteiger partial charge is 0.341 e. The van der Waals surface area contributed by atoms with Crippen molar-refractivity contribution < 1.29 is 14.3 Å². The molecule has 3 aromatic rings. The zero-order chi connectivity index (χ0) is 25.7. The third-order valence-corrected chi connectivity index (χ3v) is 8.89. The van der Waals surface area contributed by atoms with Gasteiger partial charge in [0.05, 0.1) is 18.2 Å². The van der Waals surface area contributed by atoms with Crippen molar-refractivity contribution in [3.8, 4) is 22.6 Å². The maximum atomic E-state index is 12.8. The molecule has 0 spiro atoms. The Labute approximate surface area is 221 Å². The van der Waals surface area contributed by atoms with Crippen LogP contribution in [-0.2, 0) is 22.4 Å². The molecule has 1 aliphatic rings. The summed E-state index contributed by atoms with van der Waals surface area (Å²) in [7, 11) is 1.35. The first-order valence-electron chi connectivity index (χ1n) is 11.3. The van der Waals surface area contributed by atoms with E-state index in [-0.39, 0.29) is 29.3 Å². The molecule has 1 aliphatic carbocycles. The number of nitriles is 2. The Kier molecular flexibility index (Phi) is 8.26. The number of aryl methyl sites for hydroxylation is 1. The van der Waals surface area contributed by atoms with Crippen molar-refractivity contribution in [1.82, 2.24) is 4.98 Å². The zero-order valence-corrected chi connectivity index (χ0v) is 22.0. The van der Waals surface area contributed by atoms with Crippen LogP contribution >= 0.6 is 34.4 Å². The van der Waals surface area contributed by atoms with Crippen LogP contribution in [0.3, 0.4) is 0 Å². The molecule has 0 atom stereocenters. The number of hydrogen-bond donors (Lipinski definition) is 2. The van der Waals surface area contributed by atoms with E-state index in [1.807, 2.05) is 17.5 Å². The lowest BCUT2D eigenvalue weighted by Gasteiger charge is -2.11. The molecule has 0 radical (unpaired) electrons. The fourth-order valence-corrected chi connectivity index (χ4v) is 7.16. The van der Waals surface area contributed by atoms with Crippen LogP contribution in [0.25, 0.3) is 10.4 Å². The summed E-state index contributed by atoms with van der Waals surface area (Å²) in [6, 6.07) is 7.88. The van der Waals surface area contributed by atoms with E-state index in [2.05, 4.69) is 22.4 Å². The second-order valence-corrected chi connectivity index (χ2v) is 11.2. The van der Waals surface area contributed by atoms with Gasteiger partial charge in [-0.3, -0.25) is 4.79 Å². The number of thiophene rings is 2. The molecule has 0 unspecified atom stereocenters. The summed E-state index contributed by atoms with van der Waals surface area (Å²) in [6.45, 7) is 0. The van der Waals surface area contributed by atoms with Gasteiger partial charge in [0, 0.05) is 27.5 Å². The lowest BCUT2D eigenvalue weighted by molar-refractivity contribution is -0.115. The monoisotopic (exact) mass is 537 g/mol. The van der Waals surface area contributed by atoms with Gasteiger partial charge in [-0.05, 0) is 42.7 Å². The maximum absolute atomic E-state index is 12.8. The van der Waals surface area contributed by atoms with Gasteiger partial charge in [-0.2, -0.15) is 10.5 Å². The average molecular weight is 538 g/mol. The Hall–Kier alpha value is -3.38. The van der Waals surface area contributed by atoms with E-state index in [1.54, 1.807) is 0 Å². The molecule has 0 fully saturated rings. The number of carbonyl (C=O) groups excluding carboxylic acids is 2. The number of methoxy groups -OCH3 is 1. The normalized spacial score (nSPS) is 12.6. The van der Waals surface area contributed by atoms with Crippen molar-refractivity contribution >= 4 is 57.1 Å². The summed E-state index contributed by atoms with van der Waals surface area (Å²) in [5.74, 6) is -0.296. The summed E-state index contributed by atoms with van der Waals surface area (Å²) < 4.78 is 5.00. The van der Waals surface area contributed by atoms with Gasteiger partial charge in [-0.15, -0.1) is 34.4 Å². The molecule has 184 valence electrons. The molecule has 0 aromatic carbocycles. The first-order valence-corrected chi connectivity index (χ1v) is 14.0. The van der Waals surface area contributed by atoms with Crippen LogP contribution in [0.15, 0.2) is 22.5 Å². The highest BCUT2D eigenvalue weighted by Crippen LogP contribution is 2.39. The van der Waals surface area contributed by atoms with Gasteiger partial charge in [-0.25, -0.2) is 9.78 Å². The van der Waals surface area contributed by atoms with Gasteiger partial charge in [0.1, 0.15) is 33.5 Å². The van der Waals surface area contributed by atoms with Crippen LogP contribution in [0.1, 0.15) is 57.6 Å². The number of aromatic nitrogens is 1. The van der Waals surface area contributed by atoms with Crippen LogP contribution in [0.4, 0.5) is 10.8 Å². The first kappa shape index (κ1) is 25.7. The summed E-state index contributed by atoms with van der Waals surface area (Å²) >= 11 is 4.09. The number of amides is 1. The van der Waals surface area contributed by atoms with E-state index in [0.717, 1.165) is 47.4 Å². The van der Waals surface area contributed by atoms with E-state index >= 15 is 0 Å². The Balaban J connectivity index is 1.51. The third kappa shape index (κ3) is 5.24. The number of fused-ring (bicyclic) bond motifs is 1. The fourth-order valence-electron chi connectivity index (χ4n) is 4.15. The number of thioether (sulfide) groups is 1. The number of ether oxygens (including phenoxy) is 1. The van der Waals surface area contributed by atoms with E-state index in [4.69, 9.17) is 10.5 Å². The topological polar surface area (TPSA) is 142 Å². The number of anilines is 2. The van der Waals surface area contributed by atoms with E-state index in [9.17, 15) is 20.1 Å². The number of hydrogen-bond acceptors (Lipinski definition) is 10. The number of carbonyl (C=O) groups is 2. The summed E-state index contributed by atoms with van der Waals surface area (Å²) in [4.78, 5) is 31.5. The third-order valence-electron chi connectivity index (χ3n) is 5.81. The first-order chi connectivity index (χ1) is 17.5. The molecular formula is C25H23N5O3S3. The van der Waals surface area contributed by atoms with Gasteiger partial charge in [0.25, 0.3) is 0 Å². The molecule has 8 nitrogen and oxygen atoms in total. The highest BCUT2D eigenvalue weighted by atomic mass is 32.2. The van der Waals surface area contributed by atoms with Crippen molar-refractivity contribution in [3.05, 3.63) is 44.6 Å². The Bertz CT molecular complexity index is 1380. The minimum atomic E-state index is -0.434. The standard InChI is InChI=1S/C25H23N5O3S3/c1-33-25(32)21-14-6-3-2-4-7-17(14)36-24(21)29-19(31)9-11-35-23-16(13-27)20(18-8-5-10-34-18)15(12-26)22(28)30-23/h5,8,10H,2-4,6-7,9,11H2,1H3,(H2,28,30)(H,29,31). The second-order valence-electron chi connectivity index (χ2n) is 8.03. The van der Waals surface area contributed by atoms with Crippen molar-refractivity contribution in [2.45, 2.75) is 43.6 Å². The summed E-state index contributed by atoms with van der Waals surface area (Å²) in [6.07, 6.45) is 5.02. The molecule has 0 saturated carbocycles. The lowest BCUT2D eigenvalue weighted by atomic mass is 10.0. The molecule has 0 aliphatic heterocycles. The Morgan fingerprint density at radius 2 is 2.00 bits per heavy atom. The number of nitrogens with zero attached hydrogens (tertiary/aromatic N) is 3. The minimum absolute atomic E-state index is 0.0506. The van der Waals surface area contributed by atoms with Crippen LogP contribution in [0.2, 0.25) is 0 Å². The zero-order valence-electron chi connectivity index (χ0n) is 19.6. The molecular weight excluding hydrogens is 515 g/mol. The van der Waals surface area contributed by atoms with Crippen LogP contribution in [0, 0.1) is 22.7 Å². The van der Waals surface area contributed by atoms with Gasteiger partial charge in [0.15, 0.2) is 0 Å². The molecule has 0 bridgehead atoms. The Morgan fingerprint density at radius 3 is 2.69 bits per heavy atom. The van der Waals surface area contributed by atoms with Gasteiger partial charge in [0.2, 0.25) is 5.91 Å². The van der Waals surface area contributed by atoms with Crippen molar-refractivity contribution in [2.24, 2.45) is 0 Å². The summed E-state index contributed by atoms with van der Waals surface area (Å²) in [5.41, 5.74) is 8.41. The number of nitrogens with one attached hydrogen (secondary N) is 1. The van der Waals surface area contributed by atoms with Crippen molar-refractivity contribution in [1.29, 1.82) is 10.5 Å². The summed E-state index contributed by atoms with van der Waals surface area (Å²) in [5, 5.41) is 25.1. The number of nitrogen functional groups attached to an aromatic ring is 1. The average Bonchev–Trinajstić information content (AvgIpc) is 3.45. The van der Waals surface area contributed by atoms with E-state index in [1.165, 1.54) is 41.5 Å². The number of esters is 1. The van der Waals surface area contributed by atoms with Crippen LogP contribution in [-0.4, -0.2) is 29.7 Å². The molecule has 1 amide bonds. The Morgan fingerprint density at radius 1 is 1.22 bits per heavy atom. The van der Waals surface area contributed by atoms with E-state index < -0.39 is 5.97 Å². The molecule has 4 rings (SSSR count). The fraction of sp³-hybridized carbons (Fsp3) is 0.320. The van der Waals surface area contributed by atoms with Crippen molar-refractivity contribution in [3.63, 3.8) is 0 Å².